The first-order valence-electron chi connectivity index (χ1n) is 6.69. The molecule has 9 heteroatoms. The Kier molecular flexibility index (Phi) is 6.22. The van der Waals surface area contributed by atoms with Crippen LogP contribution in [-0.2, 0) is 16.1 Å². The summed E-state index contributed by atoms with van der Waals surface area (Å²) in [6.07, 6.45) is 2.19. The van der Waals surface area contributed by atoms with Crippen LogP contribution in [0.25, 0.3) is 0 Å². The van der Waals surface area contributed by atoms with Gasteiger partial charge in [0.25, 0.3) is 0 Å². The van der Waals surface area contributed by atoms with Crippen molar-refractivity contribution < 1.29 is 9.53 Å². The molecule has 1 N–H and O–H groups in total. The summed E-state index contributed by atoms with van der Waals surface area (Å²) in [7, 11) is 1.59. The van der Waals surface area contributed by atoms with Crippen molar-refractivity contribution in [3.63, 3.8) is 0 Å². The van der Waals surface area contributed by atoms with E-state index in [0.717, 1.165) is 15.7 Å². The summed E-state index contributed by atoms with van der Waals surface area (Å²) in [6.45, 7) is 4.24. The van der Waals surface area contributed by atoms with Crippen LogP contribution in [0, 0.1) is 6.92 Å². The van der Waals surface area contributed by atoms with Gasteiger partial charge in [-0.25, -0.2) is 9.97 Å². The van der Waals surface area contributed by atoms with E-state index in [2.05, 4.69) is 25.5 Å². The molecule has 7 nitrogen and oxygen atoms in total. The molecule has 0 aromatic carbocycles. The van der Waals surface area contributed by atoms with E-state index in [9.17, 15) is 4.79 Å². The highest BCUT2D eigenvalue weighted by molar-refractivity contribution is 8.00. The summed E-state index contributed by atoms with van der Waals surface area (Å²) in [5.41, 5.74) is 0.876. The first-order valence-corrected chi connectivity index (χ1v) is 8.39. The molecule has 22 heavy (non-hydrogen) atoms. The lowest BCUT2D eigenvalue weighted by atomic mass is 10.3. The molecule has 0 aliphatic carbocycles. The van der Waals surface area contributed by atoms with Gasteiger partial charge in [0.05, 0.1) is 5.25 Å². The highest BCUT2D eigenvalue weighted by atomic mass is 32.2. The van der Waals surface area contributed by atoms with E-state index < -0.39 is 0 Å². The Morgan fingerprint density at radius 3 is 2.95 bits per heavy atom. The third kappa shape index (κ3) is 4.72. The number of hydrogen-bond donors (Lipinski definition) is 1. The molecule has 0 saturated carbocycles. The number of methoxy groups -OCH3 is 1. The lowest BCUT2D eigenvalue weighted by Crippen LogP contribution is -2.24. The molecular weight excluding hydrogens is 322 g/mol. The van der Waals surface area contributed by atoms with E-state index in [1.165, 1.54) is 29.4 Å². The summed E-state index contributed by atoms with van der Waals surface area (Å²) < 4.78 is 4.98. The standard InChI is InChI=1S/C13H17N5O2S2/c1-4-9(21-10-5-8(2)14-7-15-10)12(19)16-13-18-17-11(22-13)6-20-3/h5,7,9H,4,6H2,1-3H3,(H,16,18,19). The van der Waals surface area contributed by atoms with Gasteiger partial charge in [-0.3, -0.25) is 10.1 Å². The molecule has 0 aliphatic heterocycles. The van der Waals surface area contributed by atoms with Crippen molar-refractivity contribution in [2.24, 2.45) is 0 Å². The average Bonchev–Trinajstić information content (AvgIpc) is 2.92. The van der Waals surface area contributed by atoms with Gasteiger partial charge < -0.3 is 4.74 Å². The van der Waals surface area contributed by atoms with Gasteiger partial charge in [0.2, 0.25) is 11.0 Å². The number of carbonyl (C=O) groups excluding carboxylic acids is 1. The fraction of sp³-hybridized carbons (Fsp3) is 0.462. The minimum atomic E-state index is -0.246. The second kappa shape index (κ2) is 8.16. The Balaban J connectivity index is 1.98. The minimum Gasteiger partial charge on any atom is -0.377 e. The number of nitrogens with one attached hydrogen (secondary N) is 1. The van der Waals surface area contributed by atoms with Gasteiger partial charge in [-0.2, -0.15) is 0 Å². The van der Waals surface area contributed by atoms with E-state index in [0.29, 0.717) is 18.2 Å². The Morgan fingerprint density at radius 2 is 2.27 bits per heavy atom. The third-order valence-corrected chi connectivity index (χ3v) is 4.78. The minimum absolute atomic E-state index is 0.108. The maximum absolute atomic E-state index is 12.3. The van der Waals surface area contributed by atoms with Crippen LogP contribution in [0.4, 0.5) is 5.13 Å². The molecule has 2 aromatic rings. The molecule has 2 heterocycles. The first-order chi connectivity index (χ1) is 10.6. The van der Waals surface area contributed by atoms with Crippen molar-refractivity contribution in [3.8, 4) is 0 Å². The quantitative estimate of drug-likeness (QED) is 0.611. The molecule has 0 bridgehead atoms. The summed E-state index contributed by atoms with van der Waals surface area (Å²) >= 11 is 2.72. The van der Waals surface area contributed by atoms with Crippen LogP contribution < -0.4 is 5.32 Å². The Bertz CT molecular complexity index is 634. The SMILES string of the molecule is CCC(Sc1cc(C)ncn1)C(=O)Nc1nnc(COC)s1. The van der Waals surface area contributed by atoms with Crippen LogP contribution in [0.2, 0.25) is 0 Å². The van der Waals surface area contributed by atoms with Crippen molar-refractivity contribution >= 4 is 34.1 Å². The maximum atomic E-state index is 12.3. The molecule has 0 saturated heterocycles. The van der Waals surface area contributed by atoms with Gasteiger partial charge in [-0.05, 0) is 19.4 Å². The van der Waals surface area contributed by atoms with E-state index in [-0.39, 0.29) is 11.2 Å². The van der Waals surface area contributed by atoms with Crippen molar-refractivity contribution in [1.29, 1.82) is 0 Å². The number of carbonyl (C=O) groups is 1. The molecular formula is C13H17N5O2S2. The van der Waals surface area contributed by atoms with Gasteiger partial charge in [-0.1, -0.05) is 30.0 Å². The molecule has 1 atom stereocenters. The number of hydrogen-bond acceptors (Lipinski definition) is 8. The topological polar surface area (TPSA) is 89.9 Å². The highest BCUT2D eigenvalue weighted by Crippen LogP contribution is 2.25. The summed E-state index contributed by atoms with van der Waals surface area (Å²) in [5, 5.41) is 12.4. The monoisotopic (exact) mass is 339 g/mol. The van der Waals surface area contributed by atoms with Crippen LogP contribution in [0.3, 0.4) is 0 Å². The largest absolute Gasteiger partial charge is 0.377 e. The number of ether oxygens (including phenoxy) is 1. The molecule has 0 aliphatic rings. The zero-order valence-corrected chi connectivity index (χ0v) is 14.2. The Morgan fingerprint density at radius 1 is 1.45 bits per heavy atom. The fourth-order valence-corrected chi connectivity index (χ4v) is 3.32. The second-order valence-electron chi connectivity index (χ2n) is 4.44. The molecule has 0 radical (unpaired) electrons. The fourth-order valence-electron chi connectivity index (χ4n) is 1.63. The predicted molar refractivity (Wildman–Crippen MR) is 86.0 cm³/mol. The predicted octanol–water partition coefficient (Wildman–Crippen LogP) is 2.29. The zero-order valence-electron chi connectivity index (χ0n) is 12.6. The van der Waals surface area contributed by atoms with Crippen LogP contribution in [0.15, 0.2) is 17.4 Å². The highest BCUT2D eigenvalue weighted by Gasteiger charge is 2.20. The lowest BCUT2D eigenvalue weighted by molar-refractivity contribution is -0.115. The molecule has 0 fully saturated rings. The van der Waals surface area contributed by atoms with Gasteiger partial charge >= 0.3 is 0 Å². The van der Waals surface area contributed by atoms with Crippen LogP contribution in [-0.4, -0.2) is 38.4 Å². The molecule has 118 valence electrons. The van der Waals surface area contributed by atoms with E-state index in [1.807, 2.05) is 19.9 Å². The van der Waals surface area contributed by atoms with Crippen LogP contribution in [0.5, 0.6) is 0 Å². The van der Waals surface area contributed by atoms with E-state index in [1.54, 1.807) is 7.11 Å². The van der Waals surface area contributed by atoms with Gasteiger partial charge in [0.15, 0.2) is 0 Å². The molecule has 2 rings (SSSR count). The number of aryl methyl sites for hydroxylation is 1. The van der Waals surface area contributed by atoms with Gasteiger partial charge in [0, 0.05) is 12.8 Å². The van der Waals surface area contributed by atoms with Crippen molar-refractivity contribution in [2.45, 2.75) is 37.2 Å². The maximum Gasteiger partial charge on any atom is 0.239 e. The lowest BCUT2D eigenvalue weighted by Gasteiger charge is -2.12. The number of anilines is 1. The van der Waals surface area contributed by atoms with Gasteiger partial charge in [0.1, 0.15) is 23.0 Å². The first kappa shape index (κ1) is 16.8. The van der Waals surface area contributed by atoms with Crippen molar-refractivity contribution in [1.82, 2.24) is 20.2 Å². The number of thioether (sulfide) groups is 1. The number of aromatic nitrogens is 4. The molecule has 1 amide bonds. The van der Waals surface area contributed by atoms with Crippen LogP contribution in [0.1, 0.15) is 24.0 Å². The molecule has 0 spiro atoms. The number of rotatable bonds is 7. The smallest absolute Gasteiger partial charge is 0.239 e. The summed E-state index contributed by atoms with van der Waals surface area (Å²) in [5.74, 6) is -0.108. The number of amides is 1. The van der Waals surface area contributed by atoms with E-state index in [4.69, 9.17) is 4.74 Å². The van der Waals surface area contributed by atoms with Crippen molar-refractivity contribution in [2.75, 3.05) is 12.4 Å². The van der Waals surface area contributed by atoms with Crippen molar-refractivity contribution in [3.05, 3.63) is 23.1 Å². The molecule has 2 aromatic heterocycles. The Hall–Kier alpha value is -1.58. The van der Waals surface area contributed by atoms with Gasteiger partial charge in [-0.15, -0.1) is 10.2 Å². The second-order valence-corrected chi connectivity index (χ2v) is 6.72. The Labute approximate surface area is 136 Å². The zero-order chi connectivity index (χ0) is 15.9. The third-order valence-electron chi connectivity index (χ3n) is 2.67. The summed E-state index contributed by atoms with van der Waals surface area (Å²) in [4.78, 5) is 20.6. The van der Waals surface area contributed by atoms with Crippen LogP contribution >= 0.6 is 23.1 Å². The molecule has 1 unspecified atom stereocenters. The summed E-state index contributed by atoms with van der Waals surface area (Å²) in [6, 6.07) is 1.86. The number of nitrogens with zero attached hydrogens (tertiary/aromatic N) is 4. The van der Waals surface area contributed by atoms with E-state index >= 15 is 0 Å². The normalized spacial score (nSPS) is 12.1. The average molecular weight is 339 g/mol.